The van der Waals surface area contributed by atoms with Gasteiger partial charge in [-0.15, -0.1) is 10.2 Å². The summed E-state index contributed by atoms with van der Waals surface area (Å²) < 4.78 is 32.7. The van der Waals surface area contributed by atoms with Gasteiger partial charge in [0.15, 0.2) is 17.2 Å². The van der Waals surface area contributed by atoms with Gasteiger partial charge in [0.2, 0.25) is 5.89 Å². The Morgan fingerprint density at radius 2 is 1.85 bits per heavy atom. The number of aryl methyl sites for hydroxylation is 1. The van der Waals surface area contributed by atoms with E-state index in [9.17, 15) is 4.39 Å². The molecule has 0 aliphatic heterocycles. The maximum atomic E-state index is 14.1. The molecule has 0 unspecified atom stereocenters. The minimum absolute atomic E-state index is 0.342. The average molecular weight is 444 g/mol. The summed E-state index contributed by atoms with van der Waals surface area (Å²) in [6.45, 7) is 0.444. The van der Waals surface area contributed by atoms with E-state index in [0.29, 0.717) is 40.7 Å². The van der Waals surface area contributed by atoms with Crippen LogP contribution >= 0.6 is 0 Å². The molecule has 5 rings (SSSR count). The molecule has 0 spiro atoms. The summed E-state index contributed by atoms with van der Waals surface area (Å²) in [6, 6.07) is 16.2. The van der Waals surface area contributed by atoms with Crippen LogP contribution in [-0.4, -0.2) is 34.0 Å². The topological polar surface area (TPSA) is 75.2 Å². The third-order valence-electron chi connectivity index (χ3n) is 5.40. The standard InChI is InChI=1S/C25H21FN4O3/c1-30-14-27-29-24(30)20-12-18(26)7-8-19(20)16-5-4-6-17(11-16)25-28-21-9-15(13-31-2)10-22(32-3)23(21)33-25/h4-12,14H,13H2,1-3H3. The number of methoxy groups -OCH3 is 2. The van der Waals surface area contributed by atoms with Crippen LogP contribution < -0.4 is 4.74 Å². The van der Waals surface area contributed by atoms with Crippen LogP contribution in [0.2, 0.25) is 0 Å². The fourth-order valence-corrected chi connectivity index (χ4v) is 3.88. The first kappa shape index (κ1) is 20.8. The lowest BCUT2D eigenvalue weighted by Crippen LogP contribution is -1.95. The van der Waals surface area contributed by atoms with Crippen molar-refractivity contribution in [1.29, 1.82) is 0 Å². The maximum absolute atomic E-state index is 14.1. The van der Waals surface area contributed by atoms with Gasteiger partial charge in [0, 0.05) is 25.3 Å². The fraction of sp³-hybridized carbons (Fsp3) is 0.160. The summed E-state index contributed by atoms with van der Waals surface area (Å²) in [4.78, 5) is 4.68. The highest BCUT2D eigenvalue weighted by Gasteiger charge is 2.17. The first-order chi connectivity index (χ1) is 16.1. The Bertz CT molecular complexity index is 1460. The first-order valence-corrected chi connectivity index (χ1v) is 10.3. The molecule has 0 N–H and O–H groups in total. The van der Waals surface area contributed by atoms with Crippen LogP contribution in [0.5, 0.6) is 5.75 Å². The maximum Gasteiger partial charge on any atom is 0.227 e. The van der Waals surface area contributed by atoms with Crippen molar-refractivity contribution in [2.24, 2.45) is 7.05 Å². The number of fused-ring (bicyclic) bond motifs is 1. The van der Waals surface area contributed by atoms with Crippen LogP contribution in [-0.2, 0) is 18.4 Å². The Morgan fingerprint density at radius 1 is 1.00 bits per heavy atom. The molecule has 2 heterocycles. The number of benzene rings is 3. The molecule has 166 valence electrons. The van der Waals surface area contributed by atoms with Crippen molar-refractivity contribution in [2.75, 3.05) is 14.2 Å². The van der Waals surface area contributed by atoms with Crippen LogP contribution in [0.4, 0.5) is 4.39 Å². The van der Waals surface area contributed by atoms with Crippen molar-refractivity contribution in [1.82, 2.24) is 19.7 Å². The zero-order valence-corrected chi connectivity index (χ0v) is 18.4. The number of rotatable bonds is 6. The number of halogens is 1. The molecule has 0 aliphatic rings. The lowest BCUT2D eigenvalue weighted by Gasteiger charge is -2.10. The van der Waals surface area contributed by atoms with Crippen LogP contribution in [0.1, 0.15) is 5.56 Å². The third-order valence-corrected chi connectivity index (χ3v) is 5.40. The zero-order chi connectivity index (χ0) is 22.9. The smallest absolute Gasteiger partial charge is 0.227 e. The summed E-state index contributed by atoms with van der Waals surface area (Å²) in [6.07, 6.45) is 1.59. The molecule has 2 aromatic heterocycles. The monoisotopic (exact) mass is 444 g/mol. The van der Waals surface area contributed by atoms with E-state index in [1.807, 2.05) is 43.4 Å². The van der Waals surface area contributed by atoms with Crippen molar-refractivity contribution < 1.29 is 18.3 Å². The molecular weight excluding hydrogens is 423 g/mol. The molecule has 0 amide bonds. The molecule has 0 saturated heterocycles. The Kier molecular flexibility index (Phi) is 5.35. The fourth-order valence-electron chi connectivity index (χ4n) is 3.88. The molecule has 7 nitrogen and oxygen atoms in total. The Morgan fingerprint density at radius 3 is 2.61 bits per heavy atom. The highest BCUT2D eigenvalue weighted by Crippen LogP contribution is 2.36. The minimum Gasteiger partial charge on any atom is -0.493 e. The van der Waals surface area contributed by atoms with Gasteiger partial charge < -0.3 is 18.5 Å². The van der Waals surface area contributed by atoms with E-state index < -0.39 is 0 Å². The van der Waals surface area contributed by atoms with Crippen molar-refractivity contribution in [3.8, 4) is 39.7 Å². The highest BCUT2D eigenvalue weighted by atomic mass is 19.1. The molecule has 33 heavy (non-hydrogen) atoms. The van der Waals surface area contributed by atoms with Gasteiger partial charge in [0.1, 0.15) is 17.7 Å². The summed E-state index contributed by atoms with van der Waals surface area (Å²) in [5.74, 6) is 1.29. The summed E-state index contributed by atoms with van der Waals surface area (Å²) in [5.41, 5.74) is 5.32. The molecule has 0 bridgehead atoms. The second-order valence-electron chi connectivity index (χ2n) is 7.63. The number of oxazole rings is 1. The van der Waals surface area contributed by atoms with Crippen LogP contribution in [0.3, 0.4) is 0 Å². The highest BCUT2D eigenvalue weighted by molar-refractivity contribution is 5.85. The quantitative estimate of drug-likeness (QED) is 0.356. The number of hydrogen-bond acceptors (Lipinski definition) is 6. The van der Waals surface area contributed by atoms with Gasteiger partial charge in [-0.05, 0) is 53.1 Å². The second-order valence-corrected chi connectivity index (χ2v) is 7.63. The predicted molar refractivity (Wildman–Crippen MR) is 122 cm³/mol. The second kappa shape index (κ2) is 8.48. The molecule has 0 saturated carbocycles. The molecule has 0 atom stereocenters. The predicted octanol–water partition coefficient (Wildman–Crippen LogP) is 5.25. The third kappa shape index (κ3) is 3.85. The van der Waals surface area contributed by atoms with Gasteiger partial charge in [-0.25, -0.2) is 9.37 Å². The van der Waals surface area contributed by atoms with E-state index in [-0.39, 0.29) is 5.82 Å². The van der Waals surface area contributed by atoms with Crippen molar-refractivity contribution in [3.63, 3.8) is 0 Å². The van der Waals surface area contributed by atoms with Gasteiger partial charge in [0.05, 0.1) is 13.7 Å². The van der Waals surface area contributed by atoms with Crippen molar-refractivity contribution in [3.05, 3.63) is 72.3 Å². The number of ether oxygens (including phenoxy) is 2. The molecule has 0 aliphatic carbocycles. The average Bonchev–Trinajstić information content (AvgIpc) is 3.45. The summed E-state index contributed by atoms with van der Waals surface area (Å²) in [5, 5.41) is 8.09. The van der Waals surface area contributed by atoms with E-state index in [0.717, 1.165) is 22.3 Å². The molecule has 0 fully saturated rings. The van der Waals surface area contributed by atoms with Crippen molar-refractivity contribution >= 4 is 11.1 Å². The summed E-state index contributed by atoms with van der Waals surface area (Å²) >= 11 is 0. The van der Waals surface area contributed by atoms with Crippen LogP contribution in [0.15, 0.2) is 65.3 Å². The first-order valence-electron chi connectivity index (χ1n) is 10.3. The number of aromatic nitrogens is 4. The van der Waals surface area contributed by atoms with Gasteiger partial charge in [-0.2, -0.15) is 0 Å². The van der Waals surface area contributed by atoms with E-state index in [1.54, 1.807) is 31.2 Å². The van der Waals surface area contributed by atoms with Crippen LogP contribution in [0.25, 0.3) is 45.1 Å². The number of nitrogens with zero attached hydrogens (tertiary/aromatic N) is 4. The molecule has 3 aromatic carbocycles. The van der Waals surface area contributed by atoms with Crippen LogP contribution in [0, 0.1) is 5.82 Å². The SMILES string of the molecule is COCc1cc(OC)c2oc(-c3cccc(-c4ccc(F)cc4-c4nncn4C)c3)nc2c1. The Balaban J connectivity index is 1.62. The number of hydrogen-bond donors (Lipinski definition) is 0. The van der Waals surface area contributed by atoms with E-state index in [4.69, 9.17) is 13.9 Å². The van der Waals surface area contributed by atoms with E-state index in [1.165, 1.54) is 12.1 Å². The van der Waals surface area contributed by atoms with E-state index in [2.05, 4.69) is 15.2 Å². The normalized spacial score (nSPS) is 11.3. The zero-order valence-electron chi connectivity index (χ0n) is 18.4. The Hall–Kier alpha value is -4.04. The van der Waals surface area contributed by atoms with Gasteiger partial charge in [0.25, 0.3) is 0 Å². The van der Waals surface area contributed by atoms with E-state index >= 15 is 0 Å². The van der Waals surface area contributed by atoms with Gasteiger partial charge in [-0.3, -0.25) is 0 Å². The van der Waals surface area contributed by atoms with Gasteiger partial charge >= 0.3 is 0 Å². The largest absolute Gasteiger partial charge is 0.493 e. The minimum atomic E-state index is -0.342. The lowest BCUT2D eigenvalue weighted by atomic mass is 9.97. The van der Waals surface area contributed by atoms with Crippen molar-refractivity contribution in [2.45, 2.75) is 6.61 Å². The van der Waals surface area contributed by atoms with Gasteiger partial charge in [-0.1, -0.05) is 18.2 Å². The Labute approximate surface area is 189 Å². The lowest BCUT2D eigenvalue weighted by molar-refractivity contribution is 0.184. The molecule has 5 aromatic rings. The molecule has 0 radical (unpaired) electrons. The molecular formula is C25H21FN4O3. The molecule has 8 heteroatoms. The summed E-state index contributed by atoms with van der Waals surface area (Å²) in [7, 11) is 5.06.